The van der Waals surface area contributed by atoms with E-state index in [-0.39, 0.29) is 0 Å². The van der Waals surface area contributed by atoms with Crippen LogP contribution in [0.3, 0.4) is 0 Å². The lowest BCUT2D eigenvalue weighted by molar-refractivity contribution is 0.368. The maximum atomic E-state index is 4.06. The van der Waals surface area contributed by atoms with E-state index in [2.05, 4.69) is 20.8 Å². The first-order valence-corrected chi connectivity index (χ1v) is 18.1. The van der Waals surface area contributed by atoms with Gasteiger partial charge in [0.25, 0.3) is 0 Å². The van der Waals surface area contributed by atoms with Crippen LogP contribution in [0.15, 0.2) is 0 Å². The Bertz CT molecular complexity index is 372. The molecule has 0 amide bonds. The fraction of sp³-hybridized carbons (Fsp3) is 0.973. The van der Waals surface area contributed by atoms with Crippen LogP contribution < -0.4 is 0 Å². The monoisotopic (exact) mass is 520 g/mol. The predicted molar refractivity (Wildman–Crippen MR) is 173 cm³/mol. The molecular formula is C37H75. The Morgan fingerprint density at radius 1 is 0.297 bits per heavy atom. The molecule has 37 heavy (non-hydrogen) atoms. The Morgan fingerprint density at radius 3 is 0.757 bits per heavy atom. The predicted octanol–water partition coefficient (Wildman–Crippen LogP) is 14.3. The Balaban J connectivity index is 3.54. The normalized spacial score (nSPS) is 12.4. The van der Waals surface area contributed by atoms with Gasteiger partial charge in [-0.25, -0.2) is 0 Å². The van der Waals surface area contributed by atoms with E-state index in [1.165, 1.54) is 205 Å². The molecule has 0 N–H and O–H groups in total. The van der Waals surface area contributed by atoms with E-state index in [9.17, 15) is 0 Å². The van der Waals surface area contributed by atoms with Gasteiger partial charge in [-0.1, -0.05) is 233 Å². The van der Waals surface area contributed by atoms with Crippen molar-refractivity contribution in [1.29, 1.82) is 0 Å². The molecule has 0 aliphatic carbocycles. The highest BCUT2D eigenvalue weighted by atomic mass is 14.1. The highest BCUT2D eigenvalue weighted by Gasteiger charge is 2.08. The quantitative estimate of drug-likeness (QED) is 0.0756. The zero-order valence-corrected chi connectivity index (χ0v) is 26.6. The van der Waals surface area contributed by atoms with Crippen molar-refractivity contribution in [3.63, 3.8) is 0 Å². The lowest BCUT2D eigenvalue weighted by atomic mass is 9.89. The minimum absolute atomic E-state index is 1.01. The molecule has 0 heteroatoms. The molecule has 0 bridgehead atoms. The highest BCUT2D eigenvalue weighted by molar-refractivity contribution is 4.62. The minimum atomic E-state index is 1.01. The third kappa shape index (κ3) is 32.1. The summed E-state index contributed by atoms with van der Waals surface area (Å²) < 4.78 is 0. The van der Waals surface area contributed by atoms with Gasteiger partial charge < -0.3 is 0 Å². The summed E-state index contributed by atoms with van der Waals surface area (Å²) in [6, 6.07) is 0. The van der Waals surface area contributed by atoms with Crippen LogP contribution in [0, 0.1) is 12.8 Å². The lowest BCUT2D eigenvalue weighted by Gasteiger charge is -2.17. The molecule has 0 nitrogen and oxygen atoms in total. The summed E-state index contributed by atoms with van der Waals surface area (Å²) in [6.45, 7) is 8.68. The van der Waals surface area contributed by atoms with Crippen molar-refractivity contribution in [2.45, 2.75) is 226 Å². The van der Waals surface area contributed by atoms with Crippen LogP contribution in [0.5, 0.6) is 0 Å². The molecule has 0 aliphatic rings. The maximum Gasteiger partial charge on any atom is -0.0414 e. The van der Waals surface area contributed by atoms with Crippen molar-refractivity contribution in [3.05, 3.63) is 6.92 Å². The Kier molecular flexibility index (Phi) is 34.0. The molecule has 1 atom stereocenters. The molecule has 0 spiro atoms. The number of hydrogen-bond donors (Lipinski definition) is 0. The van der Waals surface area contributed by atoms with E-state index >= 15 is 0 Å². The average molecular weight is 520 g/mol. The second-order valence-electron chi connectivity index (χ2n) is 12.6. The molecule has 0 heterocycles. The molecule has 1 radical (unpaired) electrons. The minimum Gasteiger partial charge on any atom is -0.0654 e. The van der Waals surface area contributed by atoms with Crippen molar-refractivity contribution in [3.8, 4) is 0 Å². The van der Waals surface area contributed by atoms with Crippen LogP contribution in [-0.2, 0) is 0 Å². The molecule has 0 aromatic carbocycles. The van der Waals surface area contributed by atoms with Crippen LogP contribution in [-0.4, -0.2) is 0 Å². The van der Waals surface area contributed by atoms with Crippen molar-refractivity contribution < 1.29 is 0 Å². The number of rotatable bonds is 33. The second-order valence-corrected chi connectivity index (χ2v) is 12.6. The van der Waals surface area contributed by atoms with E-state index in [0.717, 1.165) is 12.3 Å². The standard InChI is InChI=1S/C37H75/c1-4-7-10-12-14-16-18-19-20-21-22-24-26-28-30-33-36-37(34-31-9-6-3)35-32-29-27-25-23-17-15-13-11-8-5-2/h37H,3-36H2,1-2H3. The van der Waals surface area contributed by atoms with Crippen LogP contribution >= 0.6 is 0 Å². The molecule has 0 fully saturated rings. The Labute approximate surface area is 238 Å². The summed E-state index contributed by atoms with van der Waals surface area (Å²) in [5, 5.41) is 0. The van der Waals surface area contributed by atoms with Crippen LogP contribution in [0.1, 0.15) is 226 Å². The SMILES string of the molecule is [CH2]CCCCC(CCCCCCCCCCCCC)CCCCCCCCCCCCCCCCCC. The zero-order chi connectivity index (χ0) is 26.9. The van der Waals surface area contributed by atoms with Gasteiger partial charge in [0.1, 0.15) is 0 Å². The van der Waals surface area contributed by atoms with E-state index < -0.39 is 0 Å². The van der Waals surface area contributed by atoms with Crippen LogP contribution in [0.4, 0.5) is 0 Å². The molecule has 0 aliphatic heterocycles. The van der Waals surface area contributed by atoms with Gasteiger partial charge in [-0.05, 0) is 5.92 Å². The van der Waals surface area contributed by atoms with Gasteiger partial charge in [0.2, 0.25) is 0 Å². The van der Waals surface area contributed by atoms with Gasteiger partial charge in [-0.2, -0.15) is 0 Å². The van der Waals surface area contributed by atoms with Gasteiger partial charge >= 0.3 is 0 Å². The molecule has 0 saturated heterocycles. The first-order chi connectivity index (χ1) is 18.3. The fourth-order valence-electron chi connectivity index (χ4n) is 6.12. The van der Waals surface area contributed by atoms with E-state index in [0.29, 0.717) is 0 Å². The molecule has 0 aromatic rings. The van der Waals surface area contributed by atoms with Gasteiger partial charge in [0.15, 0.2) is 0 Å². The third-order valence-electron chi connectivity index (χ3n) is 8.79. The van der Waals surface area contributed by atoms with E-state index in [1.54, 1.807) is 0 Å². The maximum absolute atomic E-state index is 4.06. The molecule has 0 saturated carbocycles. The summed E-state index contributed by atoms with van der Waals surface area (Å²) in [7, 11) is 0. The molecule has 0 aromatic heterocycles. The number of hydrogen-bond acceptors (Lipinski definition) is 0. The summed E-state index contributed by atoms with van der Waals surface area (Å²) in [6.07, 6.45) is 48.1. The van der Waals surface area contributed by atoms with Crippen LogP contribution in [0.2, 0.25) is 0 Å². The third-order valence-corrected chi connectivity index (χ3v) is 8.79. The summed E-state index contributed by atoms with van der Waals surface area (Å²) in [5.74, 6) is 1.01. The highest BCUT2D eigenvalue weighted by Crippen LogP contribution is 2.24. The van der Waals surface area contributed by atoms with Gasteiger partial charge in [0.05, 0.1) is 0 Å². The summed E-state index contributed by atoms with van der Waals surface area (Å²) in [5.41, 5.74) is 0. The van der Waals surface area contributed by atoms with Crippen LogP contribution in [0.25, 0.3) is 0 Å². The van der Waals surface area contributed by atoms with Crippen molar-refractivity contribution in [2.24, 2.45) is 5.92 Å². The van der Waals surface area contributed by atoms with Gasteiger partial charge in [-0.15, -0.1) is 0 Å². The lowest BCUT2D eigenvalue weighted by Crippen LogP contribution is -2.01. The fourth-order valence-corrected chi connectivity index (χ4v) is 6.12. The Morgan fingerprint density at radius 2 is 0.514 bits per heavy atom. The second kappa shape index (κ2) is 34.0. The van der Waals surface area contributed by atoms with Gasteiger partial charge in [0, 0.05) is 0 Å². The first kappa shape index (κ1) is 37.0. The largest absolute Gasteiger partial charge is 0.0654 e. The van der Waals surface area contributed by atoms with E-state index in [1.807, 2.05) is 0 Å². The topological polar surface area (TPSA) is 0 Å². The number of unbranched alkanes of at least 4 members (excludes halogenated alkanes) is 27. The van der Waals surface area contributed by atoms with Crippen molar-refractivity contribution in [2.75, 3.05) is 0 Å². The molecule has 223 valence electrons. The van der Waals surface area contributed by atoms with Gasteiger partial charge in [-0.3, -0.25) is 0 Å². The Hall–Kier alpha value is 0. The molecular weight excluding hydrogens is 444 g/mol. The van der Waals surface area contributed by atoms with Crippen molar-refractivity contribution >= 4 is 0 Å². The summed E-state index contributed by atoms with van der Waals surface area (Å²) >= 11 is 0. The van der Waals surface area contributed by atoms with E-state index in [4.69, 9.17) is 0 Å². The molecule has 1 unspecified atom stereocenters. The summed E-state index contributed by atoms with van der Waals surface area (Å²) in [4.78, 5) is 0. The first-order valence-electron chi connectivity index (χ1n) is 18.1. The molecule has 0 rings (SSSR count). The zero-order valence-electron chi connectivity index (χ0n) is 26.6. The van der Waals surface area contributed by atoms with Crippen molar-refractivity contribution in [1.82, 2.24) is 0 Å². The smallest absolute Gasteiger partial charge is 0.0414 e. The average Bonchev–Trinajstić information content (AvgIpc) is 2.91.